The van der Waals surface area contributed by atoms with E-state index in [0.29, 0.717) is 36.2 Å². The van der Waals surface area contributed by atoms with Crippen LogP contribution in [0.4, 0.5) is 5.82 Å². The number of anilines is 1. The first-order valence-electron chi connectivity index (χ1n) is 8.74. The Morgan fingerprint density at radius 3 is 2.26 bits per heavy atom. The summed E-state index contributed by atoms with van der Waals surface area (Å²) < 4.78 is 29.5. The summed E-state index contributed by atoms with van der Waals surface area (Å²) in [6.07, 6.45) is 3.89. The van der Waals surface area contributed by atoms with Gasteiger partial charge in [-0.05, 0) is 38.1 Å². The fourth-order valence-electron chi connectivity index (χ4n) is 3.15. The summed E-state index contributed by atoms with van der Waals surface area (Å²) >= 11 is 1.32. The molecule has 9 heteroatoms. The summed E-state index contributed by atoms with van der Waals surface area (Å²) in [6, 6.07) is 9.39. The van der Waals surface area contributed by atoms with E-state index in [9.17, 15) is 8.42 Å². The van der Waals surface area contributed by atoms with Crippen molar-refractivity contribution < 1.29 is 8.42 Å². The highest BCUT2D eigenvalue weighted by Crippen LogP contribution is 2.26. The molecule has 7 nitrogen and oxygen atoms in total. The Morgan fingerprint density at radius 2 is 1.63 bits per heavy atom. The molecule has 0 aliphatic carbocycles. The molecule has 27 heavy (non-hydrogen) atoms. The van der Waals surface area contributed by atoms with Crippen LogP contribution in [0.5, 0.6) is 0 Å². The van der Waals surface area contributed by atoms with Crippen LogP contribution < -0.4 is 4.90 Å². The van der Waals surface area contributed by atoms with Gasteiger partial charge in [-0.25, -0.2) is 18.4 Å². The molecule has 3 aromatic heterocycles. The lowest BCUT2D eigenvalue weighted by Gasteiger charge is -2.34. The first-order valence-corrected chi connectivity index (χ1v) is 11.0. The average molecular weight is 404 g/mol. The molecule has 0 bridgehead atoms. The van der Waals surface area contributed by atoms with Crippen LogP contribution in [0.2, 0.25) is 0 Å². The number of piperazine rings is 1. The van der Waals surface area contributed by atoms with Crippen LogP contribution in [0.25, 0.3) is 5.82 Å². The molecule has 1 aliphatic heterocycles. The van der Waals surface area contributed by atoms with E-state index in [4.69, 9.17) is 0 Å². The van der Waals surface area contributed by atoms with Gasteiger partial charge in [0.25, 0.3) is 10.0 Å². The first kappa shape index (κ1) is 18.1. The number of hydrogen-bond donors (Lipinski definition) is 0. The van der Waals surface area contributed by atoms with Crippen molar-refractivity contribution >= 4 is 27.2 Å². The van der Waals surface area contributed by atoms with Gasteiger partial charge in [0.1, 0.15) is 21.7 Å². The molecule has 0 N–H and O–H groups in total. The SMILES string of the molecule is Cc1nc(N2CCN(S(=O)(=O)c3ccc(C)s3)CC2)cc(-n2cccc2)n1. The molecule has 0 spiro atoms. The summed E-state index contributed by atoms with van der Waals surface area (Å²) in [5, 5.41) is 0. The monoisotopic (exact) mass is 403 g/mol. The molecular weight excluding hydrogens is 382 g/mol. The highest BCUT2D eigenvalue weighted by atomic mass is 32.2. The fraction of sp³-hybridized carbons (Fsp3) is 0.333. The van der Waals surface area contributed by atoms with Gasteiger partial charge in [-0.15, -0.1) is 11.3 Å². The number of aryl methyl sites for hydroxylation is 2. The third-order valence-corrected chi connectivity index (χ3v) is 7.92. The largest absolute Gasteiger partial charge is 0.354 e. The molecular formula is C18H21N5O2S2. The van der Waals surface area contributed by atoms with E-state index in [1.165, 1.54) is 11.3 Å². The zero-order valence-corrected chi connectivity index (χ0v) is 16.9. The van der Waals surface area contributed by atoms with Crippen molar-refractivity contribution in [1.82, 2.24) is 18.8 Å². The standard InChI is InChI=1S/C18H21N5O2S2/c1-14-5-6-18(26-14)27(24,25)23-11-9-22(10-12-23)17-13-16(19-15(2)20-17)21-7-3-4-8-21/h3-8,13H,9-12H2,1-2H3. The predicted octanol–water partition coefficient (Wildman–Crippen LogP) is 2.46. The lowest BCUT2D eigenvalue weighted by atomic mass is 10.3. The van der Waals surface area contributed by atoms with Crippen LogP contribution >= 0.6 is 11.3 Å². The first-order chi connectivity index (χ1) is 12.9. The van der Waals surface area contributed by atoms with Crippen molar-refractivity contribution in [2.75, 3.05) is 31.1 Å². The summed E-state index contributed by atoms with van der Waals surface area (Å²) in [5.74, 6) is 2.34. The number of nitrogens with zero attached hydrogens (tertiary/aromatic N) is 5. The number of thiophene rings is 1. The highest BCUT2D eigenvalue weighted by Gasteiger charge is 2.30. The third kappa shape index (κ3) is 3.62. The van der Waals surface area contributed by atoms with Crippen molar-refractivity contribution in [2.45, 2.75) is 18.1 Å². The van der Waals surface area contributed by atoms with Crippen LogP contribution in [0.1, 0.15) is 10.7 Å². The second kappa shape index (κ2) is 7.06. The highest BCUT2D eigenvalue weighted by molar-refractivity contribution is 7.91. The molecule has 0 atom stereocenters. The van der Waals surface area contributed by atoms with Crippen molar-refractivity contribution in [3.8, 4) is 5.82 Å². The maximum atomic E-state index is 12.8. The molecule has 0 unspecified atom stereocenters. The minimum Gasteiger partial charge on any atom is -0.354 e. The van der Waals surface area contributed by atoms with E-state index >= 15 is 0 Å². The molecule has 3 aromatic rings. The van der Waals surface area contributed by atoms with E-state index in [1.807, 2.05) is 55.1 Å². The second-order valence-corrected chi connectivity index (χ2v) is 9.93. The molecule has 142 valence electrons. The third-order valence-electron chi connectivity index (χ3n) is 4.55. The van der Waals surface area contributed by atoms with E-state index in [-0.39, 0.29) is 0 Å². The van der Waals surface area contributed by atoms with Gasteiger partial charge < -0.3 is 9.47 Å². The van der Waals surface area contributed by atoms with Crippen LogP contribution in [0.3, 0.4) is 0 Å². The van der Waals surface area contributed by atoms with Crippen LogP contribution in [0, 0.1) is 13.8 Å². The Balaban J connectivity index is 1.51. The van der Waals surface area contributed by atoms with E-state index in [1.54, 1.807) is 10.4 Å². The van der Waals surface area contributed by atoms with E-state index in [2.05, 4.69) is 14.9 Å². The number of aromatic nitrogens is 3. The van der Waals surface area contributed by atoms with Gasteiger partial charge in [-0.1, -0.05) is 0 Å². The molecule has 0 aromatic carbocycles. The van der Waals surface area contributed by atoms with Crippen molar-refractivity contribution in [2.24, 2.45) is 0 Å². The van der Waals surface area contributed by atoms with E-state index < -0.39 is 10.0 Å². The Labute approximate surface area is 163 Å². The zero-order valence-electron chi connectivity index (χ0n) is 15.2. The van der Waals surface area contributed by atoms with Crippen LogP contribution in [0.15, 0.2) is 46.9 Å². The Morgan fingerprint density at radius 1 is 0.963 bits per heavy atom. The Bertz CT molecular complexity index is 1040. The molecule has 1 fully saturated rings. The maximum absolute atomic E-state index is 12.8. The number of rotatable bonds is 4. The van der Waals surface area contributed by atoms with Gasteiger partial charge in [0.15, 0.2) is 0 Å². The summed E-state index contributed by atoms with van der Waals surface area (Å²) in [4.78, 5) is 12.2. The molecule has 4 heterocycles. The molecule has 0 amide bonds. The lowest BCUT2D eigenvalue weighted by Crippen LogP contribution is -2.48. The molecule has 1 saturated heterocycles. The van der Waals surface area contributed by atoms with Gasteiger partial charge in [0.05, 0.1) is 0 Å². The minimum absolute atomic E-state index is 0.418. The van der Waals surface area contributed by atoms with Crippen LogP contribution in [-0.4, -0.2) is 53.4 Å². The minimum atomic E-state index is -3.41. The second-order valence-electron chi connectivity index (χ2n) is 6.48. The fourth-order valence-corrected chi connectivity index (χ4v) is 6.01. The van der Waals surface area contributed by atoms with Gasteiger partial charge in [-0.3, -0.25) is 0 Å². The Kier molecular flexibility index (Phi) is 4.75. The number of hydrogen-bond acceptors (Lipinski definition) is 6. The lowest BCUT2D eigenvalue weighted by molar-refractivity contribution is 0.384. The normalized spacial score (nSPS) is 16.0. The molecule has 1 aliphatic rings. The molecule has 0 saturated carbocycles. The maximum Gasteiger partial charge on any atom is 0.252 e. The van der Waals surface area contributed by atoms with Gasteiger partial charge in [0, 0.05) is 49.5 Å². The van der Waals surface area contributed by atoms with Crippen molar-refractivity contribution in [3.05, 3.63) is 53.4 Å². The van der Waals surface area contributed by atoms with Crippen molar-refractivity contribution in [1.29, 1.82) is 0 Å². The van der Waals surface area contributed by atoms with Gasteiger partial charge >= 0.3 is 0 Å². The smallest absolute Gasteiger partial charge is 0.252 e. The Hall–Kier alpha value is -2.23. The molecule has 0 radical (unpaired) electrons. The topological polar surface area (TPSA) is 71.3 Å². The predicted molar refractivity (Wildman–Crippen MR) is 106 cm³/mol. The quantitative estimate of drug-likeness (QED) is 0.669. The summed E-state index contributed by atoms with van der Waals surface area (Å²) in [5.41, 5.74) is 0. The number of sulfonamides is 1. The summed E-state index contributed by atoms with van der Waals surface area (Å²) in [6.45, 7) is 5.89. The summed E-state index contributed by atoms with van der Waals surface area (Å²) in [7, 11) is -3.41. The van der Waals surface area contributed by atoms with E-state index in [0.717, 1.165) is 16.5 Å². The van der Waals surface area contributed by atoms with Gasteiger partial charge in [0.2, 0.25) is 0 Å². The van der Waals surface area contributed by atoms with Gasteiger partial charge in [-0.2, -0.15) is 4.31 Å². The zero-order chi connectivity index (χ0) is 19.0. The van der Waals surface area contributed by atoms with Crippen molar-refractivity contribution in [3.63, 3.8) is 0 Å². The average Bonchev–Trinajstić information content (AvgIpc) is 3.33. The van der Waals surface area contributed by atoms with Crippen LogP contribution in [-0.2, 0) is 10.0 Å². The molecule has 4 rings (SSSR count).